The summed E-state index contributed by atoms with van der Waals surface area (Å²) >= 11 is 1.79. The van der Waals surface area contributed by atoms with Crippen molar-refractivity contribution in [1.82, 2.24) is 4.90 Å². The van der Waals surface area contributed by atoms with Gasteiger partial charge in [-0.1, -0.05) is 26.0 Å². The lowest BCUT2D eigenvalue weighted by Gasteiger charge is -2.31. The second-order valence-corrected chi connectivity index (χ2v) is 6.48. The van der Waals surface area contributed by atoms with Gasteiger partial charge in [-0.25, -0.2) is 0 Å². The third-order valence-electron chi connectivity index (χ3n) is 3.52. The minimum atomic E-state index is 0.214. The second-order valence-electron chi connectivity index (χ2n) is 5.34. The standard InChI is InChI=1S/C16H23NOS/c1-3-11-19-15-9-5-4-8-14(15)16(18)17-10-6-7-13(2)12-17/h4-5,8-9,13H,3,6-7,10-12H2,1-2H3/t13-/m1/s1. The first-order valence-electron chi connectivity index (χ1n) is 7.23. The van der Waals surface area contributed by atoms with Crippen LogP contribution < -0.4 is 0 Å². The molecule has 0 spiro atoms. The molecule has 19 heavy (non-hydrogen) atoms. The van der Waals surface area contributed by atoms with Crippen molar-refractivity contribution in [3.8, 4) is 0 Å². The summed E-state index contributed by atoms with van der Waals surface area (Å²) in [4.78, 5) is 15.8. The van der Waals surface area contributed by atoms with E-state index in [-0.39, 0.29) is 5.91 Å². The fraction of sp³-hybridized carbons (Fsp3) is 0.562. The van der Waals surface area contributed by atoms with Crippen molar-refractivity contribution in [2.45, 2.75) is 38.0 Å². The van der Waals surface area contributed by atoms with Gasteiger partial charge in [-0.2, -0.15) is 0 Å². The van der Waals surface area contributed by atoms with Crippen LogP contribution in [0.25, 0.3) is 0 Å². The molecule has 1 atom stereocenters. The molecule has 1 aromatic carbocycles. The van der Waals surface area contributed by atoms with Crippen molar-refractivity contribution in [2.75, 3.05) is 18.8 Å². The third-order valence-corrected chi connectivity index (χ3v) is 4.80. The number of thioether (sulfide) groups is 1. The molecule has 0 radical (unpaired) electrons. The van der Waals surface area contributed by atoms with Gasteiger partial charge in [0.2, 0.25) is 0 Å². The van der Waals surface area contributed by atoms with Crippen LogP contribution >= 0.6 is 11.8 Å². The van der Waals surface area contributed by atoms with Gasteiger partial charge >= 0.3 is 0 Å². The molecule has 0 N–H and O–H groups in total. The number of carbonyl (C=O) groups is 1. The van der Waals surface area contributed by atoms with Crippen LogP contribution in [0.5, 0.6) is 0 Å². The molecule has 0 saturated carbocycles. The molecule has 1 amide bonds. The van der Waals surface area contributed by atoms with Gasteiger partial charge in [0.25, 0.3) is 5.91 Å². The van der Waals surface area contributed by atoms with Crippen LogP contribution in [0.3, 0.4) is 0 Å². The fourth-order valence-corrected chi connectivity index (χ4v) is 3.44. The molecular weight excluding hydrogens is 254 g/mol. The zero-order valence-electron chi connectivity index (χ0n) is 11.9. The van der Waals surface area contributed by atoms with E-state index < -0.39 is 0 Å². The zero-order chi connectivity index (χ0) is 13.7. The number of hydrogen-bond donors (Lipinski definition) is 0. The summed E-state index contributed by atoms with van der Waals surface area (Å²) in [6, 6.07) is 8.03. The lowest BCUT2D eigenvalue weighted by atomic mass is 9.99. The number of benzene rings is 1. The largest absolute Gasteiger partial charge is 0.338 e. The number of nitrogens with zero attached hydrogens (tertiary/aromatic N) is 1. The number of rotatable bonds is 4. The summed E-state index contributed by atoms with van der Waals surface area (Å²) in [6.07, 6.45) is 3.52. The van der Waals surface area contributed by atoms with Crippen LogP contribution in [-0.4, -0.2) is 29.6 Å². The molecule has 0 aliphatic carbocycles. The number of hydrogen-bond acceptors (Lipinski definition) is 2. The Kier molecular flexibility index (Phi) is 5.32. The van der Waals surface area contributed by atoms with E-state index in [0.29, 0.717) is 5.92 Å². The molecule has 2 rings (SSSR count). The van der Waals surface area contributed by atoms with Crippen molar-refractivity contribution >= 4 is 17.7 Å². The number of piperidine rings is 1. The highest BCUT2D eigenvalue weighted by Crippen LogP contribution is 2.26. The van der Waals surface area contributed by atoms with E-state index in [4.69, 9.17) is 0 Å². The summed E-state index contributed by atoms with van der Waals surface area (Å²) in [5.74, 6) is 1.92. The quantitative estimate of drug-likeness (QED) is 0.774. The van der Waals surface area contributed by atoms with Gasteiger partial charge in [-0.05, 0) is 43.1 Å². The van der Waals surface area contributed by atoms with Gasteiger partial charge in [-0.15, -0.1) is 11.8 Å². The normalized spacial score (nSPS) is 19.5. The molecular formula is C16H23NOS. The molecule has 0 aromatic heterocycles. The van der Waals surface area contributed by atoms with E-state index in [1.165, 1.54) is 6.42 Å². The highest BCUT2D eigenvalue weighted by Gasteiger charge is 2.23. The Labute approximate surface area is 120 Å². The Hall–Kier alpha value is -0.960. The monoisotopic (exact) mass is 277 g/mol. The van der Waals surface area contributed by atoms with Gasteiger partial charge < -0.3 is 4.90 Å². The van der Waals surface area contributed by atoms with Gasteiger partial charge in [0.05, 0.1) is 5.56 Å². The van der Waals surface area contributed by atoms with E-state index in [1.54, 1.807) is 11.8 Å². The van der Waals surface area contributed by atoms with E-state index in [1.807, 2.05) is 23.1 Å². The Morgan fingerprint density at radius 2 is 2.21 bits per heavy atom. The Morgan fingerprint density at radius 3 is 2.95 bits per heavy atom. The van der Waals surface area contributed by atoms with Crippen LogP contribution in [0.4, 0.5) is 0 Å². The van der Waals surface area contributed by atoms with Crippen molar-refractivity contribution < 1.29 is 4.79 Å². The number of amides is 1. The summed E-state index contributed by atoms with van der Waals surface area (Å²) in [5.41, 5.74) is 0.884. The highest BCUT2D eigenvalue weighted by molar-refractivity contribution is 7.99. The van der Waals surface area contributed by atoms with Crippen LogP contribution in [0.1, 0.15) is 43.5 Å². The SMILES string of the molecule is CCCSc1ccccc1C(=O)N1CCC[C@@H](C)C1. The van der Waals surface area contributed by atoms with Crippen LogP contribution in [0, 0.1) is 5.92 Å². The molecule has 104 valence electrons. The summed E-state index contributed by atoms with van der Waals surface area (Å²) in [6.45, 7) is 6.22. The van der Waals surface area contributed by atoms with Gasteiger partial charge in [0.1, 0.15) is 0 Å². The lowest BCUT2D eigenvalue weighted by Crippen LogP contribution is -2.39. The predicted octanol–water partition coefficient (Wildman–Crippen LogP) is 4.06. The van der Waals surface area contributed by atoms with Crippen molar-refractivity contribution in [3.05, 3.63) is 29.8 Å². The summed E-state index contributed by atoms with van der Waals surface area (Å²) in [7, 11) is 0. The first-order valence-corrected chi connectivity index (χ1v) is 8.22. The zero-order valence-corrected chi connectivity index (χ0v) is 12.7. The summed E-state index contributed by atoms with van der Waals surface area (Å²) < 4.78 is 0. The smallest absolute Gasteiger partial charge is 0.254 e. The molecule has 1 fully saturated rings. The third kappa shape index (κ3) is 3.75. The maximum Gasteiger partial charge on any atom is 0.254 e. The Balaban J connectivity index is 2.13. The van der Waals surface area contributed by atoms with E-state index in [9.17, 15) is 4.79 Å². The van der Waals surface area contributed by atoms with Crippen LogP contribution in [-0.2, 0) is 0 Å². The number of carbonyl (C=O) groups excluding carboxylic acids is 1. The molecule has 0 bridgehead atoms. The van der Waals surface area contributed by atoms with Gasteiger partial charge in [0.15, 0.2) is 0 Å². The van der Waals surface area contributed by atoms with E-state index in [2.05, 4.69) is 19.9 Å². The number of likely N-dealkylation sites (tertiary alicyclic amines) is 1. The molecule has 0 unspecified atom stereocenters. The van der Waals surface area contributed by atoms with Gasteiger partial charge in [-0.3, -0.25) is 4.79 Å². The molecule has 1 aliphatic rings. The lowest BCUT2D eigenvalue weighted by molar-refractivity contribution is 0.0679. The average molecular weight is 277 g/mol. The molecule has 1 aromatic rings. The maximum atomic E-state index is 12.6. The predicted molar refractivity (Wildman–Crippen MR) is 81.8 cm³/mol. The average Bonchev–Trinajstić information content (AvgIpc) is 2.44. The van der Waals surface area contributed by atoms with Crippen molar-refractivity contribution in [1.29, 1.82) is 0 Å². The topological polar surface area (TPSA) is 20.3 Å². The Bertz CT molecular complexity index is 433. The first-order chi connectivity index (χ1) is 9.22. The van der Waals surface area contributed by atoms with Crippen LogP contribution in [0.2, 0.25) is 0 Å². The fourth-order valence-electron chi connectivity index (χ4n) is 2.53. The Morgan fingerprint density at radius 1 is 1.42 bits per heavy atom. The maximum absolute atomic E-state index is 12.6. The van der Waals surface area contributed by atoms with Crippen LogP contribution in [0.15, 0.2) is 29.2 Å². The molecule has 1 heterocycles. The highest BCUT2D eigenvalue weighted by atomic mass is 32.2. The molecule has 3 heteroatoms. The second kappa shape index (κ2) is 6.99. The minimum Gasteiger partial charge on any atom is -0.338 e. The minimum absolute atomic E-state index is 0.214. The first kappa shape index (κ1) is 14.4. The van der Waals surface area contributed by atoms with Crippen molar-refractivity contribution in [3.63, 3.8) is 0 Å². The summed E-state index contributed by atoms with van der Waals surface area (Å²) in [5, 5.41) is 0. The molecule has 1 saturated heterocycles. The van der Waals surface area contributed by atoms with Gasteiger partial charge in [0, 0.05) is 18.0 Å². The van der Waals surface area contributed by atoms with E-state index in [0.717, 1.165) is 42.1 Å². The van der Waals surface area contributed by atoms with E-state index >= 15 is 0 Å². The molecule has 1 aliphatic heterocycles. The molecule has 2 nitrogen and oxygen atoms in total. The van der Waals surface area contributed by atoms with Crippen molar-refractivity contribution in [2.24, 2.45) is 5.92 Å².